The first kappa shape index (κ1) is 19.1. The minimum atomic E-state index is -3.47. The molecule has 1 aliphatic carbocycles. The molecule has 0 radical (unpaired) electrons. The number of nitriles is 1. The minimum Gasteiger partial charge on any atom is -0.326 e. The number of hydrogen-bond donors (Lipinski definition) is 2. The van der Waals surface area contributed by atoms with Crippen LogP contribution in [0.2, 0.25) is 0 Å². The lowest BCUT2D eigenvalue weighted by molar-refractivity contribution is -0.117. The van der Waals surface area contributed by atoms with Crippen molar-refractivity contribution in [2.45, 2.75) is 17.2 Å². The molecule has 7 nitrogen and oxygen atoms in total. The number of pyridine rings is 1. The molecule has 1 aromatic heterocycles. The van der Waals surface area contributed by atoms with Crippen LogP contribution < -0.4 is 10.0 Å². The Morgan fingerprint density at radius 2 is 1.93 bits per heavy atom. The molecule has 2 N–H and O–H groups in total. The van der Waals surface area contributed by atoms with Crippen molar-refractivity contribution in [2.75, 3.05) is 12.4 Å². The summed E-state index contributed by atoms with van der Waals surface area (Å²) in [6.45, 7) is 0. The van der Waals surface area contributed by atoms with Crippen molar-refractivity contribution >= 4 is 32.4 Å². The number of carbonyl (C=O) groups is 1. The van der Waals surface area contributed by atoms with E-state index in [1.54, 1.807) is 42.6 Å². The molecule has 1 heterocycles. The highest BCUT2D eigenvalue weighted by atomic mass is 32.2. The van der Waals surface area contributed by atoms with Crippen LogP contribution in [0.25, 0.3) is 10.8 Å². The Bertz CT molecular complexity index is 1250. The second kappa shape index (κ2) is 7.28. The third-order valence-electron chi connectivity index (χ3n) is 5.16. The molecule has 3 aromatic rings. The maximum atomic E-state index is 12.6. The highest BCUT2D eigenvalue weighted by Gasteiger charge is 2.44. The highest BCUT2D eigenvalue weighted by Crippen LogP contribution is 2.48. The van der Waals surface area contributed by atoms with Gasteiger partial charge in [0.1, 0.15) is 6.07 Å². The monoisotopic (exact) mass is 406 g/mol. The molecule has 1 fully saturated rings. The molecule has 8 heteroatoms. The molecule has 2 aromatic carbocycles. The summed E-state index contributed by atoms with van der Waals surface area (Å²) in [5, 5.41) is 13.7. The van der Waals surface area contributed by atoms with E-state index < -0.39 is 10.0 Å². The lowest BCUT2D eigenvalue weighted by Gasteiger charge is -2.08. The number of sulfonamides is 1. The number of carbonyl (C=O) groups excluding carboxylic acids is 1. The van der Waals surface area contributed by atoms with Gasteiger partial charge in [-0.25, -0.2) is 13.1 Å². The topological polar surface area (TPSA) is 112 Å². The molecule has 146 valence electrons. The first-order chi connectivity index (χ1) is 13.9. The first-order valence-electron chi connectivity index (χ1n) is 9.05. The van der Waals surface area contributed by atoms with Crippen LogP contribution in [0.5, 0.6) is 0 Å². The van der Waals surface area contributed by atoms with Gasteiger partial charge in [-0.1, -0.05) is 18.2 Å². The van der Waals surface area contributed by atoms with Gasteiger partial charge in [-0.05, 0) is 49.2 Å². The normalized spacial score (nSPS) is 18.2. The number of nitrogens with zero attached hydrogens (tertiary/aromatic N) is 2. The molecular formula is C21H18N4O3S. The maximum Gasteiger partial charge on any atom is 0.240 e. The zero-order valence-corrected chi connectivity index (χ0v) is 16.4. The van der Waals surface area contributed by atoms with Crippen LogP contribution in [0.1, 0.15) is 23.5 Å². The van der Waals surface area contributed by atoms with E-state index in [9.17, 15) is 18.5 Å². The predicted octanol–water partition coefficient (Wildman–Crippen LogP) is 2.76. The van der Waals surface area contributed by atoms with Gasteiger partial charge in [0.15, 0.2) is 0 Å². The van der Waals surface area contributed by atoms with Crippen LogP contribution in [0, 0.1) is 17.2 Å². The Morgan fingerprint density at radius 3 is 2.62 bits per heavy atom. The Morgan fingerprint density at radius 1 is 1.17 bits per heavy atom. The van der Waals surface area contributed by atoms with E-state index in [1.165, 1.54) is 13.2 Å². The molecule has 0 spiro atoms. The average Bonchev–Trinajstić information content (AvgIpc) is 3.54. The highest BCUT2D eigenvalue weighted by molar-refractivity contribution is 7.89. The fourth-order valence-electron chi connectivity index (χ4n) is 3.43. The van der Waals surface area contributed by atoms with Crippen molar-refractivity contribution in [3.05, 3.63) is 66.0 Å². The summed E-state index contributed by atoms with van der Waals surface area (Å²) in [5.41, 5.74) is 2.03. The number of aromatic nitrogens is 1. The maximum absolute atomic E-state index is 12.6. The lowest BCUT2D eigenvalue weighted by atomic mass is 10.1. The van der Waals surface area contributed by atoms with E-state index in [2.05, 4.69) is 21.1 Å². The van der Waals surface area contributed by atoms with Crippen LogP contribution in [0.4, 0.5) is 5.69 Å². The molecule has 1 aliphatic rings. The van der Waals surface area contributed by atoms with Gasteiger partial charge in [-0.15, -0.1) is 0 Å². The van der Waals surface area contributed by atoms with E-state index in [1.807, 2.05) is 6.07 Å². The quantitative estimate of drug-likeness (QED) is 0.677. The van der Waals surface area contributed by atoms with Crippen molar-refractivity contribution < 1.29 is 13.2 Å². The first-order valence-corrected chi connectivity index (χ1v) is 10.5. The molecule has 1 saturated carbocycles. The van der Waals surface area contributed by atoms with Gasteiger partial charge in [-0.2, -0.15) is 5.26 Å². The number of nitrogens with one attached hydrogen (secondary N) is 2. The SMILES string of the molecule is CNS(=O)(=O)c1ccc(C2C[C@H]2C(=O)Nc2ccc3cncc(C#N)c3c2)cc1. The van der Waals surface area contributed by atoms with Crippen LogP contribution in [0.15, 0.2) is 59.8 Å². The van der Waals surface area contributed by atoms with Gasteiger partial charge in [-0.3, -0.25) is 9.78 Å². The minimum absolute atomic E-state index is 0.0701. The van der Waals surface area contributed by atoms with E-state index in [0.29, 0.717) is 17.7 Å². The third kappa shape index (κ3) is 3.70. The van der Waals surface area contributed by atoms with Gasteiger partial charge >= 0.3 is 0 Å². The summed E-state index contributed by atoms with van der Waals surface area (Å²) >= 11 is 0. The molecule has 0 bridgehead atoms. The van der Waals surface area contributed by atoms with E-state index in [4.69, 9.17) is 0 Å². The molecule has 0 aliphatic heterocycles. The predicted molar refractivity (Wildman–Crippen MR) is 109 cm³/mol. The van der Waals surface area contributed by atoms with E-state index in [-0.39, 0.29) is 22.6 Å². The van der Waals surface area contributed by atoms with Crippen molar-refractivity contribution in [3.63, 3.8) is 0 Å². The number of fused-ring (bicyclic) bond motifs is 1. The fraction of sp³-hybridized carbons (Fsp3) is 0.190. The lowest BCUT2D eigenvalue weighted by Crippen LogP contribution is -2.18. The van der Waals surface area contributed by atoms with Crippen LogP contribution in [-0.4, -0.2) is 26.4 Å². The third-order valence-corrected chi connectivity index (χ3v) is 6.59. The van der Waals surface area contributed by atoms with Crippen LogP contribution in [0.3, 0.4) is 0 Å². The van der Waals surface area contributed by atoms with Gasteiger partial charge in [0, 0.05) is 34.8 Å². The Labute approximate surface area is 168 Å². The molecule has 2 atom stereocenters. The van der Waals surface area contributed by atoms with Crippen LogP contribution >= 0.6 is 0 Å². The molecule has 4 rings (SSSR count). The van der Waals surface area contributed by atoms with Gasteiger partial charge in [0.2, 0.25) is 15.9 Å². The fourth-order valence-corrected chi connectivity index (χ4v) is 4.16. The summed E-state index contributed by atoms with van der Waals surface area (Å²) in [6, 6.07) is 14.1. The second-order valence-electron chi connectivity index (χ2n) is 6.95. The summed E-state index contributed by atoms with van der Waals surface area (Å²) in [4.78, 5) is 16.9. The zero-order chi connectivity index (χ0) is 20.6. The molecule has 0 saturated heterocycles. The molecular weight excluding hydrogens is 388 g/mol. The van der Waals surface area contributed by atoms with Crippen molar-refractivity contribution in [3.8, 4) is 6.07 Å². The smallest absolute Gasteiger partial charge is 0.240 e. The van der Waals surface area contributed by atoms with Crippen molar-refractivity contribution in [2.24, 2.45) is 5.92 Å². The standard InChI is InChI=1S/C21H18N4O3S/c1-23-29(27,28)17-6-3-13(4-7-17)19-9-20(19)21(26)25-16-5-2-14-11-24-12-15(10-22)18(14)8-16/h2-8,11-12,19-20,23H,9H2,1H3,(H,25,26)/t19?,20-/m1/s1. The second-order valence-corrected chi connectivity index (χ2v) is 8.84. The largest absolute Gasteiger partial charge is 0.326 e. The van der Waals surface area contributed by atoms with Crippen LogP contribution in [-0.2, 0) is 14.8 Å². The number of hydrogen-bond acceptors (Lipinski definition) is 5. The zero-order valence-electron chi connectivity index (χ0n) is 15.6. The van der Waals surface area contributed by atoms with Gasteiger partial charge < -0.3 is 5.32 Å². The number of anilines is 1. The number of benzene rings is 2. The summed E-state index contributed by atoms with van der Waals surface area (Å²) in [7, 11) is -2.10. The van der Waals surface area contributed by atoms with Gasteiger partial charge in [0.25, 0.3) is 0 Å². The van der Waals surface area contributed by atoms with E-state index in [0.717, 1.165) is 16.3 Å². The number of rotatable bonds is 5. The van der Waals surface area contributed by atoms with Crippen molar-refractivity contribution in [1.82, 2.24) is 9.71 Å². The van der Waals surface area contributed by atoms with E-state index >= 15 is 0 Å². The molecule has 1 unspecified atom stereocenters. The Hall–Kier alpha value is -3.28. The molecule has 29 heavy (non-hydrogen) atoms. The summed E-state index contributed by atoms with van der Waals surface area (Å²) in [6.07, 6.45) is 3.89. The molecule has 1 amide bonds. The summed E-state index contributed by atoms with van der Waals surface area (Å²) in [5.74, 6) is -0.181. The average molecular weight is 406 g/mol. The Kier molecular flexibility index (Phi) is 4.78. The summed E-state index contributed by atoms with van der Waals surface area (Å²) < 4.78 is 25.9. The van der Waals surface area contributed by atoms with Gasteiger partial charge in [0.05, 0.1) is 10.5 Å². The Balaban J connectivity index is 1.47. The van der Waals surface area contributed by atoms with Crippen molar-refractivity contribution in [1.29, 1.82) is 5.26 Å². The number of amides is 1.